The molecule has 0 atom stereocenters. The number of aryl methyl sites for hydroxylation is 2. The van der Waals surface area contributed by atoms with Crippen LogP contribution in [-0.2, 0) is 6.54 Å². The van der Waals surface area contributed by atoms with Crippen LogP contribution in [0, 0.1) is 24.0 Å². The Morgan fingerprint density at radius 3 is 2.83 bits per heavy atom. The van der Waals surface area contributed by atoms with E-state index in [2.05, 4.69) is 15.3 Å². The van der Waals surface area contributed by atoms with Crippen molar-refractivity contribution in [3.8, 4) is 0 Å². The van der Waals surface area contributed by atoms with E-state index >= 15 is 0 Å². The highest BCUT2D eigenvalue weighted by atomic mass is 32.1. The summed E-state index contributed by atoms with van der Waals surface area (Å²) in [6.45, 7) is 4.18. The number of aromatic nitrogens is 2. The molecule has 0 radical (unpaired) electrons. The molecular weight excluding hydrogens is 252 g/mol. The lowest BCUT2D eigenvalue weighted by atomic mass is 10.3. The summed E-state index contributed by atoms with van der Waals surface area (Å²) in [5.41, 5.74) is 3.45. The van der Waals surface area contributed by atoms with Crippen LogP contribution in [0.5, 0.6) is 0 Å². The van der Waals surface area contributed by atoms with E-state index in [0.29, 0.717) is 12.4 Å². The fraction of sp³-hybridized carbons (Fsp3) is 0.273. The summed E-state index contributed by atoms with van der Waals surface area (Å²) in [5.74, 6) is 0.290. The molecule has 7 heteroatoms. The minimum atomic E-state index is -0.429. The number of rotatable bonds is 4. The second kappa shape index (κ2) is 5.09. The number of nitrogens with one attached hydrogen (secondary N) is 1. The van der Waals surface area contributed by atoms with Crippen LogP contribution >= 0.6 is 11.3 Å². The summed E-state index contributed by atoms with van der Waals surface area (Å²) in [4.78, 5) is 19.7. The maximum Gasteiger partial charge on any atom is 0.311 e. The molecule has 0 unspecified atom stereocenters. The standard InChI is InChI=1S/C11H12N4O2S/c1-7-3-9(15(16)17)11(12-4-7)13-5-10-8(2)14-6-18-10/h3-4,6H,5H2,1-2H3,(H,12,13). The van der Waals surface area contributed by atoms with Gasteiger partial charge >= 0.3 is 5.69 Å². The van der Waals surface area contributed by atoms with E-state index in [1.165, 1.54) is 17.4 Å². The lowest BCUT2D eigenvalue weighted by molar-refractivity contribution is -0.384. The van der Waals surface area contributed by atoms with E-state index in [4.69, 9.17) is 0 Å². The molecule has 0 aliphatic heterocycles. The smallest absolute Gasteiger partial charge is 0.311 e. The summed E-state index contributed by atoms with van der Waals surface area (Å²) in [7, 11) is 0. The third-order valence-electron chi connectivity index (χ3n) is 2.46. The molecule has 18 heavy (non-hydrogen) atoms. The molecule has 2 aromatic heterocycles. The summed E-state index contributed by atoms with van der Waals surface area (Å²) in [5, 5.41) is 13.9. The maximum atomic E-state index is 10.9. The van der Waals surface area contributed by atoms with Crippen LogP contribution in [-0.4, -0.2) is 14.9 Å². The van der Waals surface area contributed by atoms with Crippen molar-refractivity contribution in [3.63, 3.8) is 0 Å². The van der Waals surface area contributed by atoms with E-state index in [9.17, 15) is 10.1 Å². The Bertz CT molecular complexity index is 582. The van der Waals surface area contributed by atoms with Gasteiger partial charge in [0.15, 0.2) is 0 Å². The van der Waals surface area contributed by atoms with Gasteiger partial charge in [-0.3, -0.25) is 10.1 Å². The molecule has 0 aromatic carbocycles. The van der Waals surface area contributed by atoms with Crippen LogP contribution in [0.3, 0.4) is 0 Å². The summed E-state index contributed by atoms with van der Waals surface area (Å²) in [6, 6.07) is 1.51. The highest BCUT2D eigenvalue weighted by Crippen LogP contribution is 2.23. The minimum Gasteiger partial charge on any atom is -0.359 e. The molecule has 0 amide bonds. The topological polar surface area (TPSA) is 81.0 Å². The molecule has 0 fully saturated rings. The normalized spacial score (nSPS) is 10.3. The van der Waals surface area contributed by atoms with Crippen LogP contribution in [0.1, 0.15) is 16.1 Å². The van der Waals surface area contributed by atoms with Crippen LogP contribution in [0.15, 0.2) is 17.8 Å². The van der Waals surface area contributed by atoms with Gasteiger partial charge in [-0.25, -0.2) is 9.97 Å². The predicted octanol–water partition coefficient (Wildman–Crippen LogP) is 2.68. The molecule has 2 rings (SSSR count). The van der Waals surface area contributed by atoms with Crippen molar-refractivity contribution >= 4 is 22.8 Å². The monoisotopic (exact) mass is 264 g/mol. The molecule has 0 spiro atoms. The van der Waals surface area contributed by atoms with E-state index in [0.717, 1.165) is 16.1 Å². The van der Waals surface area contributed by atoms with Crippen molar-refractivity contribution in [2.24, 2.45) is 0 Å². The molecule has 2 heterocycles. The quantitative estimate of drug-likeness (QED) is 0.678. The first kappa shape index (κ1) is 12.4. The van der Waals surface area contributed by atoms with Gasteiger partial charge in [0.05, 0.1) is 22.7 Å². The molecule has 6 nitrogen and oxygen atoms in total. The average molecular weight is 264 g/mol. The Kier molecular flexibility index (Phi) is 3.52. The first-order valence-electron chi connectivity index (χ1n) is 5.32. The second-order valence-electron chi connectivity index (χ2n) is 3.85. The Labute approximate surface area is 108 Å². The van der Waals surface area contributed by atoms with Crippen LogP contribution in [0.4, 0.5) is 11.5 Å². The lowest BCUT2D eigenvalue weighted by Gasteiger charge is -2.05. The number of pyridine rings is 1. The zero-order chi connectivity index (χ0) is 13.1. The number of anilines is 1. The Morgan fingerprint density at radius 1 is 1.44 bits per heavy atom. The molecule has 0 bridgehead atoms. The largest absolute Gasteiger partial charge is 0.359 e. The Hall–Kier alpha value is -2.02. The number of nitro groups is 1. The van der Waals surface area contributed by atoms with Gasteiger partial charge < -0.3 is 5.32 Å². The first-order chi connectivity index (χ1) is 8.58. The number of hydrogen-bond donors (Lipinski definition) is 1. The average Bonchev–Trinajstić information content (AvgIpc) is 2.73. The second-order valence-corrected chi connectivity index (χ2v) is 4.79. The molecule has 94 valence electrons. The fourth-order valence-electron chi connectivity index (χ4n) is 1.49. The number of nitrogens with zero attached hydrogens (tertiary/aromatic N) is 3. The van der Waals surface area contributed by atoms with Gasteiger partial charge in [-0.05, 0) is 19.4 Å². The highest BCUT2D eigenvalue weighted by molar-refractivity contribution is 7.09. The Balaban J connectivity index is 2.19. The molecule has 0 aliphatic carbocycles. The maximum absolute atomic E-state index is 10.9. The highest BCUT2D eigenvalue weighted by Gasteiger charge is 2.15. The van der Waals surface area contributed by atoms with Gasteiger partial charge in [0, 0.05) is 17.1 Å². The van der Waals surface area contributed by atoms with E-state index in [-0.39, 0.29) is 5.69 Å². The summed E-state index contributed by atoms with van der Waals surface area (Å²) < 4.78 is 0. The number of hydrogen-bond acceptors (Lipinski definition) is 6. The molecule has 1 N–H and O–H groups in total. The zero-order valence-corrected chi connectivity index (χ0v) is 10.8. The van der Waals surface area contributed by atoms with Gasteiger partial charge in [0.1, 0.15) is 0 Å². The van der Waals surface area contributed by atoms with Gasteiger partial charge in [0.2, 0.25) is 5.82 Å². The fourth-order valence-corrected chi connectivity index (χ4v) is 2.21. The van der Waals surface area contributed by atoms with Crippen molar-refractivity contribution < 1.29 is 4.92 Å². The van der Waals surface area contributed by atoms with Crippen molar-refractivity contribution in [3.05, 3.63) is 44.0 Å². The van der Waals surface area contributed by atoms with E-state index < -0.39 is 4.92 Å². The van der Waals surface area contributed by atoms with Crippen LogP contribution in [0.25, 0.3) is 0 Å². The predicted molar refractivity (Wildman–Crippen MR) is 69.8 cm³/mol. The molecule has 2 aromatic rings. The molecule has 0 aliphatic rings. The van der Waals surface area contributed by atoms with Gasteiger partial charge in [0.25, 0.3) is 0 Å². The Morgan fingerprint density at radius 2 is 2.22 bits per heavy atom. The van der Waals surface area contributed by atoms with Crippen LogP contribution in [0.2, 0.25) is 0 Å². The van der Waals surface area contributed by atoms with Crippen LogP contribution < -0.4 is 5.32 Å². The van der Waals surface area contributed by atoms with Crippen molar-refractivity contribution in [1.82, 2.24) is 9.97 Å². The number of thiazole rings is 1. The minimum absolute atomic E-state index is 0.00262. The van der Waals surface area contributed by atoms with E-state index in [1.807, 2.05) is 6.92 Å². The summed E-state index contributed by atoms with van der Waals surface area (Å²) >= 11 is 1.51. The third kappa shape index (κ3) is 2.62. The zero-order valence-electron chi connectivity index (χ0n) is 10.0. The van der Waals surface area contributed by atoms with E-state index in [1.54, 1.807) is 18.6 Å². The third-order valence-corrected chi connectivity index (χ3v) is 3.40. The van der Waals surface area contributed by atoms with Gasteiger partial charge in [-0.2, -0.15) is 0 Å². The SMILES string of the molecule is Cc1cnc(NCc2scnc2C)c([N+](=O)[O-])c1. The molecular formula is C11H12N4O2S. The van der Waals surface area contributed by atoms with Gasteiger partial charge in [-0.15, -0.1) is 11.3 Å². The first-order valence-corrected chi connectivity index (χ1v) is 6.19. The lowest BCUT2D eigenvalue weighted by Crippen LogP contribution is -2.04. The molecule has 0 saturated carbocycles. The van der Waals surface area contributed by atoms with Crippen molar-refractivity contribution in [1.29, 1.82) is 0 Å². The summed E-state index contributed by atoms with van der Waals surface area (Å²) in [6.07, 6.45) is 1.61. The van der Waals surface area contributed by atoms with Crippen molar-refractivity contribution in [2.75, 3.05) is 5.32 Å². The van der Waals surface area contributed by atoms with Crippen molar-refractivity contribution in [2.45, 2.75) is 20.4 Å². The van der Waals surface area contributed by atoms with Gasteiger partial charge in [-0.1, -0.05) is 0 Å². The molecule has 0 saturated heterocycles.